The monoisotopic (exact) mass is 199 g/mol. The van der Waals surface area contributed by atoms with Gasteiger partial charge >= 0.3 is 0 Å². The van der Waals surface area contributed by atoms with E-state index in [1.165, 1.54) is 19.3 Å². The molecule has 0 saturated heterocycles. The van der Waals surface area contributed by atoms with E-state index in [2.05, 4.69) is 46.9 Å². The summed E-state index contributed by atoms with van der Waals surface area (Å²) in [5, 5.41) is 3.53. The number of hydrogen-bond donors (Lipinski definition) is 1. The molecule has 14 heavy (non-hydrogen) atoms. The lowest BCUT2D eigenvalue weighted by molar-refractivity contribution is 0.250. The Morgan fingerprint density at radius 2 is 1.71 bits per heavy atom. The highest BCUT2D eigenvalue weighted by Crippen LogP contribution is 2.26. The average molecular weight is 199 g/mol. The molecule has 1 nitrogen and oxygen atoms in total. The molecule has 0 aromatic rings. The van der Waals surface area contributed by atoms with Crippen molar-refractivity contribution in [1.29, 1.82) is 0 Å². The topological polar surface area (TPSA) is 12.0 Å². The van der Waals surface area contributed by atoms with Crippen molar-refractivity contribution in [2.45, 2.75) is 66.8 Å². The first-order valence-electron chi connectivity index (χ1n) is 6.10. The molecule has 0 rings (SSSR count). The Bertz CT molecular complexity index is 138. The molecule has 0 spiro atoms. The van der Waals surface area contributed by atoms with Crippen molar-refractivity contribution in [3.8, 4) is 0 Å². The quantitative estimate of drug-likeness (QED) is 0.657. The normalized spacial score (nSPS) is 14.8. The summed E-state index contributed by atoms with van der Waals surface area (Å²) >= 11 is 0. The maximum Gasteiger partial charge on any atom is 0.00106 e. The summed E-state index contributed by atoms with van der Waals surface area (Å²) in [5.41, 5.74) is 0.443. The van der Waals surface area contributed by atoms with Gasteiger partial charge in [0.05, 0.1) is 0 Å². The maximum atomic E-state index is 3.53. The smallest absolute Gasteiger partial charge is 0.00106 e. The summed E-state index contributed by atoms with van der Waals surface area (Å²) in [6, 6.07) is 0.607. The lowest BCUT2D eigenvalue weighted by Gasteiger charge is -2.29. The minimum atomic E-state index is 0.443. The molecular weight excluding hydrogens is 170 g/mol. The maximum absolute atomic E-state index is 3.53. The van der Waals surface area contributed by atoms with Gasteiger partial charge < -0.3 is 5.32 Å². The van der Waals surface area contributed by atoms with E-state index in [9.17, 15) is 0 Å². The van der Waals surface area contributed by atoms with Crippen LogP contribution >= 0.6 is 0 Å². The minimum absolute atomic E-state index is 0.443. The molecule has 0 aromatic heterocycles. The van der Waals surface area contributed by atoms with Crippen LogP contribution in [0.4, 0.5) is 0 Å². The molecule has 1 unspecified atom stereocenters. The summed E-state index contributed by atoms with van der Waals surface area (Å²) < 4.78 is 0. The predicted octanol–water partition coefficient (Wildman–Crippen LogP) is 3.84. The Kier molecular flexibility index (Phi) is 6.43. The Morgan fingerprint density at radius 1 is 1.14 bits per heavy atom. The minimum Gasteiger partial charge on any atom is -0.314 e. The van der Waals surface area contributed by atoms with Crippen LogP contribution in [0.2, 0.25) is 0 Å². The van der Waals surface area contributed by atoms with E-state index >= 15 is 0 Å². The van der Waals surface area contributed by atoms with Crippen LogP contribution in [0.5, 0.6) is 0 Å². The Balaban J connectivity index is 3.81. The van der Waals surface area contributed by atoms with Crippen molar-refractivity contribution in [3.05, 3.63) is 0 Å². The summed E-state index contributed by atoms with van der Waals surface area (Å²) in [5.74, 6) is 0.865. The molecule has 0 heterocycles. The fourth-order valence-corrected chi connectivity index (χ4v) is 2.09. The van der Waals surface area contributed by atoms with E-state index < -0.39 is 0 Å². The Morgan fingerprint density at radius 3 is 2.14 bits per heavy atom. The first-order valence-corrected chi connectivity index (χ1v) is 6.10. The van der Waals surface area contributed by atoms with Crippen molar-refractivity contribution < 1.29 is 0 Å². The van der Waals surface area contributed by atoms with E-state index in [1.54, 1.807) is 0 Å². The van der Waals surface area contributed by atoms with Crippen LogP contribution in [0.15, 0.2) is 0 Å². The van der Waals surface area contributed by atoms with E-state index in [0.29, 0.717) is 11.5 Å². The van der Waals surface area contributed by atoms with Gasteiger partial charge in [-0.1, -0.05) is 54.4 Å². The zero-order valence-electron chi connectivity index (χ0n) is 11.0. The zero-order chi connectivity index (χ0) is 11.2. The highest BCUT2D eigenvalue weighted by Gasteiger charge is 2.20. The van der Waals surface area contributed by atoms with Crippen molar-refractivity contribution in [2.75, 3.05) is 6.54 Å². The molecule has 0 amide bonds. The van der Waals surface area contributed by atoms with E-state index in [1.807, 2.05) is 0 Å². The van der Waals surface area contributed by atoms with Crippen LogP contribution in [0.3, 0.4) is 0 Å². The van der Waals surface area contributed by atoms with E-state index in [4.69, 9.17) is 0 Å². The molecule has 1 heteroatoms. The molecule has 1 N–H and O–H groups in total. The second kappa shape index (κ2) is 6.44. The van der Waals surface area contributed by atoms with Crippen LogP contribution in [-0.2, 0) is 0 Å². The Hall–Kier alpha value is -0.0400. The molecule has 0 aliphatic rings. The standard InChI is InChI=1S/C13H29N/c1-7-8-12(4)9-13(5,6)10-14-11(2)3/h11-12,14H,7-10H2,1-6H3. The molecule has 0 aliphatic heterocycles. The van der Waals surface area contributed by atoms with Gasteiger partial charge in [0.15, 0.2) is 0 Å². The summed E-state index contributed by atoms with van der Waals surface area (Å²) in [6.45, 7) is 15.0. The predicted molar refractivity (Wildman–Crippen MR) is 65.6 cm³/mol. The second-order valence-corrected chi connectivity index (χ2v) is 5.80. The first kappa shape index (κ1) is 14.0. The molecule has 0 aromatic carbocycles. The van der Waals surface area contributed by atoms with Gasteiger partial charge in [-0.25, -0.2) is 0 Å². The van der Waals surface area contributed by atoms with Gasteiger partial charge in [-0.3, -0.25) is 0 Å². The number of rotatable bonds is 7. The fourth-order valence-electron chi connectivity index (χ4n) is 2.09. The summed E-state index contributed by atoms with van der Waals surface area (Å²) in [7, 11) is 0. The van der Waals surface area contributed by atoms with Gasteiger partial charge in [0, 0.05) is 12.6 Å². The number of nitrogens with one attached hydrogen (secondary N) is 1. The van der Waals surface area contributed by atoms with Crippen molar-refractivity contribution >= 4 is 0 Å². The van der Waals surface area contributed by atoms with Crippen LogP contribution in [0.25, 0.3) is 0 Å². The van der Waals surface area contributed by atoms with Gasteiger partial charge in [0.2, 0.25) is 0 Å². The molecule has 0 aliphatic carbocycles. The van der Waals surface area contributed by atoms with E-state index in [0.717, 1.165) is 12.5 Å². The Labute approximate surface area is 90.7 Å². The lowest BCUT2D eigenvalue weighted by Crippen LogP contribution is -2.34. The van der Waals surface area contributed by atoms with Crippen LogP contribution < -0.4 is 5.32 Å². The molecule has 1 atom stereocenters. The molecular formula is C13H29N. The van der Waals surface area contributed by atoms with Gasteiger partial charge in [0.25, 0.3) is 0 Å². The molecule has 0 fully saturated rings. The highest BCUT2D eigenvalue weighted by atomic mass is 14.9. The molecule has 0 radical (unpaired) electrons. The second-order valence-electron chi connectivity index (χ2n) is 5.80. The SMILES string of the molecule is CCCC(C)CC(C)(C)CNC(C)C. The van der Waals surface area contributed by atoms with Crippen molar-refractivity contribution in [1.82, 2.24) is 5.32 Å². The first-order chi connectivity index (χ1) is 6.37. The van der Waals surface area contributed by atoms with Gasteiger partial charge in [-0.15, -0.1) is 0 Å². The molecule has 0 saturated carbocycles. The largest absolute Gasteiger partial charge is 0.314 e. The zero-order valence-corrected chi connectivity index (χ0v) is 11.0. The summed E-state index contributed by atoms with van der Waals surface area (Å²) in [6.07, 6.45) is 4.01. The van der Waals surface area contributed by atoms with Gasteiger partial charge in [-0.2, -0.15) is 0 Å². The van der Waals surface area contributed by atoms with Crippen LogP contribution in [-0.4, -0.2) is 12.6 Å². The third-order valence-electron chi connectivity index (χ3n) is 2.67. The highest BCUT2D eigenvalue weighted by molar-refractivity contribution is 4.75. The van der Waals surface area contributed by atoms with Crippen LogP contribution in [0, 0.1) is 11.3 Å². The van der Waals surface area contributed by atoms with Crippen molar-refractivity contribution in [2.24, 2.45) is 11.3 Å². The van der Waals surface area contributed by atoms with E-state index in [-0.39, 0.29) is 0 Å². The lowest BCUT2D eigenvalue weighted by atomic mass is 9.81. The van der Waals surface area contributed by atoms with Gasteiger partial charge in [0.1, 0.15) is 0 Å². The van der Waals surface area contributed by atoms with Crippen molar-refractivity contribution in [3.63, 3.8) is 0 Å². The third kappa shape index (κ3) is 7.37. The summed E-state index contributed by atoms with van der Waals surface area (Å²) in [4.78, 5) is 0. The third-order valence-corrected chi connectivity index (χ3v) is 2.67. The molecule has 86 valence electrons. The number of hydrogen-bond acceptors (Lipinski definition) is 1. The fraction of sp³-hybridized carbons (Fsp3) is 1.00. The molecule has 0 bridgehead atoms. The van der Waals surface area contributed by atoms with Gasteiger partial charge in [-0.05, 0) is 17.8 Å². The average Bonchev–Trinajstić information content (AvgIpc) is 2.00. The van der Waals surface area contributed by atoms with Crippen LogP contribution in [0.1, 0.15) is 60.8 Å².